The zero-order valence-corrected chi connectivity index (χ0v) is 6.43. The van der Waals surface area contributed by atoms with Crippen molar-refractivity contribution in [2.75, 3.05) is 6.54 Å². The smallest absolute Gasteiger partial charge is 0.0897 e. The van der Waals surface area contributed by atoms with Crippen LogP contribution < -0.4 is 5.32 Å². The molecule has 1 saturated heterocycles. The Morgan fingerprint density at radius 1 is 1.80 bits per heavy atom. The molecule has 10 heavy (non-hydrogen) atoms. The Morgan fingerprint density at radius 2 is 2.50 bits per heavy atom. The summed E-state index contributed by atoms with van der Waals surface area (Å²) in [6.45, 7) is 6.61. The van der Waals surface area contributed by atoms with Crippen molar-refractivity contribution in [2.24, 2.45) is 0 Å². The van der Waals surface area contributed by atoms with Gasteiger partial charge in [0.2, 0.25) is 0 Å². The van der Waals surface area contributed by atoms with Gasteiger partial charge in [0.1, 0.15) is 0 Å². The minimum Gasteiger partial charge on any atom is -0.387 e. The van der Waals surface area contributed by atoms with Gasteiger partial charge in [-0.25, -0.2) is 0 Å². The summed E-state index contributed by atoms with van der Waals surface area (Å²) in [5.74, 6) is 0. The van der Waals surface area contributed by atoms with Crippen LogP contribution in [0.4, 0.5) is 0 Å². The van der Waals surface area contributed by atoms with Crippen LogP contribution in [-0.2, 0) is 0 Å². The highest BCUT2D eigenvalue weighted by Crippen LogP contribution is 2.13. The summed E-state index contributed by atoms with van der Waals surface area (Å²) in [7, 11) is 0. The lowest BCUT2D eigenvalue weighted by Gasteiger charge is -2.17. The van der Waals surface area contributed by atoms with Gasteiger partial charge in [-0.3, -0.25) is 0 Å². The maximum Gasteiger partial charge on any atom is 0.0897 e. The minimum atomic E-state index is -0.345. The molecule has 0 amide bonds. The van der Waals surface area contributed by atoms with Crippen LogP contribution in [0.1, 0.15) is 19.8 Å². The van der Waals surface area contributed by atoms with E-state index >= 15 is 0 Å². The summed E-state index contributed by atoms with van der Waals surface area (Å²) >= 11 is 0. The normalized spacial score (nSPS) is 28.4. The van der Waals surface area contributed by atoms with Crippen LogP contribution in [0, 0.1) is 0 Å². The Balaban J connectivity index is 2.39. The van der Waals surface area contributed by atoms with Crippen molar-refractivity contribution in [3.8, 4) is 0 Å². The number of aliphatic hydroxyl groups is 1. The topological polar surface area (TPSA) is 32.3 Å². The van der Waals surface area contributed by atoms with Crippen molar-refractivity contribution in [3.63, 3.8) is 0 Å². The number of hydrogen-bond acceptors (Lipinski definition) is 2. The standard InChI is InChI=1S/C8H15NO/c1-6(2)8(10)7-4-3-5-9-7/h7-10H,1,3-5H2,2H3. The number of hydrogen-bond donors (Lipinski definition) is 2. The van der Waals surface area contributed by atoms with Gasteiger partial charge in [-0.05, 0) is 26.3 Å². The van der Waals surface area contributed by atoms with E-state index in [1.54, 1.807) is 0 Å². The first-order chi connectivity index (χ1) is 4.72. The average Bonchev–Trinajstić information content (AvgIpc) is 2.36. The van der Waals surface area contributed by atoms with Gasteiger partial charge in [-0.1, -0.05) is 12.2 Å². The second-order valence-corrected chi connectivity index (χ2v) is 2.99. The second kappa shape index (κ2) is 3.17. The first kappa shape index (κ1) is 7.76. The van der Waals surface area contributed by atoms with Crippen molar-refractivity contribution < 1.29 is 5.11 Å². The van der Waals surface area contributed by atoms with Crippen LogP contribution in [0.2, 0.25) is 0 Å². The van der Waals surface area contributed by atoms with Crippen LogP contribution in [0.25, 0.3) is 0 Å². The predicted octanol–water partition coefficient (Wildman–Crippen LogP) is 0.675. The largest absolute Gasteiger partial charge is 0.387 e. The summed E-state index contributed by atoms with van der Waals surface area (Å²) in [5, 5.41) is 12.7. The molecule has 1 fully saturated rings. The van der Waals surface area contributed by atoms with E-state index in [2.05, 4.69) is 11.9 Å². The molecule has 0 aromatic rings. The number of aliphatic hydroxyl groups excluding tert-OH is 1. The third-order valence-electron chi connectivity index (χ3n) is 1.98. The van der Waals surface area contributed by atoms with E-state index in [4.69, 9.17) is 0 Å². The molecular weight excluding hydrogens is 126 g/mol. The SMILES string of the molecule is C=C(C)C(O)C1CCCN1. The van der Waals surface area contributed by atoms with Crippen molar-refractivity contribution in [1.82, 2.24) is 5.32 Å². The lowest BCUT2D eigenvalue weighted by Crippen LogP contribution is -2.35. The maximum atomic E-state index is 9.46. The molecule has 2 nitrogen and oxygen atoms in total. The Kier molecular flexibility index (Phi) is 2.46. The van der Waals surface area contributed by atoms with Gasteiger partial charge in [0.25, 0.3) is 0 Å². The van der Waals surface area contributed by atoms with E-state index < -0.39 is 0 Å². The molecule has 0 aromatic carbocycles. The van der Waals surface area contributed by atoms with Crippen LogP contribution in [0.3, 0.4) is 0 Å². The third-order valence-corrected chi connectivity index (χ3v) is 1.98. The van der Waals surface area contributed by atoms with Crippen LogP contribution >= 0.6 is 0 Å². The molecule has 2 N–H and O–H groups in total. The highest BCUT2D eigenvalue weighted by Gasteiger charge is 2.22. The second-order valence-electron chi connectivity index (χ2n) is 2.99. The Hall–Kier alpha value is -0.340. The van der Waals surface area contributed by atoms with Gasteiger partial charge in [-0.2, -0.15) is 0 Å². The van der Waals surface area contributed by atoms with Crippen molar-refractivity contribution >= 4 is 0 Å². The number of rotatable bonds is 2. The monoisotopic (exact) mass is 141 g/mol. The van der Waals surface area contributed by atoms with E-state index in [1.165, 1.54) is 6.42 Å². The van der Waals surface area contributed by atoms with E-state index in [1.807, 2.05) is 6.92 Å². The van der Waals surface area contributed by atoms with Crippen LogP contribution in [-0.4, -0.2) is 23.8 Å². The van der Waals surface area contributed by atoms with E-state index in [-0.39, 0.29) is 12.1 Å². The summed E-state index contributed by atoms with van der Waals surface area (Å²) in [6.07, 6.45) is 1.91. The summed E-state index contributed by atoms with van der Waals surface area (Å²) in [5.41, 5.74) is 0.861. The maximum absolute atomic E-state index is 9.46. The molecule has 0 radical (unpaired) electrons. The van der Waals surface area contributed by atoms with E-state index in [9.17, 15) is 5.11 Å². The average molecular weight is 141 g/mol. The lowest BCUT2D eigenvalue weighted by molar-refractivity contribution is 0.170. The third kappa shape index (κ3) is 1.58. The fraction of sp³-hybridized carbons (Fsp3) is 0.750. The Labute approximate surface area is 61.9 Å². The molecule has 1 rings (SSSR count). The molecule has 0 bridgehead atoms. The Morgan fingerprint density at radius 3 is 2.90 bits per heavy atom. The quantitative estimate of drug-likeness (QED) is 0.554. The van der Waals surface area contributed by atoms with Gasteiger partial charge in [0.05, 0.1) is 6.10 Å². The molecular formula is C8H15NO. The molecule has 2 unspecified atom stereocenters. The summed E-state index contributed by atoms with van der Waals surface area (Å²) < 4.78 is 0. The molecule has 58 valence electrons. The summed E-state index contributed by atoms with van der Waals surface area (Å²) in [6, 6.07) is 0.262. The molecule has 0 aliphatic carbocycles. The van der Waals surface area contributed by atoms with Crippen molar-refractivity contribution in [3.05, 3.63) is 12.2 Å². The molecule has 2 heteroatoms. The van der Waals surface area contributed by atoms with Crippen molar-refractivity contribution in [1.29, 1.82) is 0 Å². The first-order valence-corrected chi connectivity index (χ1v) is 3.78. The van der Waals surface area contributed by atoms with E-state index in [0.717, 1.165) is 18.5 Å². The fourth-order valence-electron chi connectivity index (χ4n) is 1.32. The minimum absolute atomic E-state index is 0.262. The Bertz CT molecular complexity index is 127. The zero-order chi connectivity index (χ0) is 7.56. The van der Waals surface area contributed by atoms with Crippen molar-refractivity contribution in [2.45, 2.75) is 31.9 Å². The molecule has 2 atom stereocenters. The first-order valence-electron chi connectivity index (χ1n) is 3.78. The van der Waals surface area contributed by atoms with Crippen LogP contribution in [0.15, 0.2) is 12.2 Å². The summed E-state index contributed by atoms with van der Waals surface area (Å²) in [4.78, 5) is 0. The molecule has 1 aliphatic rings. The number of nitrogens with one attached hydrogen (secondary N) is 1. The van der Waals surface area contributed by atoms with Crippen LogP contribution in [0.5, 0.6) is 0 Å². The highest BCUT2D eigenvalue weighted by molar-refractivity contribution is 5.03. The highest BCUT2D eigenvalue weighted by atomic mass is 16.3. The zero-order valence-electron chi connectivity index (χ0n) is 6.43. The molecule has 0 spiro atoms. The van der Waals surface area contributed by atoms with E-state index in [0.29, 0.717) is 0 Å². The van der Waals surface area contributed by atoms with Gasteiger partial charge in [0.15, 0.2) is 0 Å². The van der Waals surface area contributed by atoms with Gasteiger partial charge in [0, 0.05) is 6.04 Å². The predicted molar refractivity (Wildman–Crippen MR) is 41.8 cm³/mol. The fourth-order valence-corrected chi connectivity index (χ4v) is 1.32. The molecule has 0 saturated carbocycles. The van der Waals surface area contributed by atoms with Gasteiger partial charge in [-0.15, -0.1) is 0 Å². The lowest BCUT2D eigenvalue weighted by atomic mass is 10.0. The molecule has 1 aliphatic heterocycles. The molecule has 1 heterocycles. The molecule has 0 aromatic heterocycles. The van der Waals surface area contributed by atoms with Gasteiger partial charge >= 0.3 is 0 Å². The van der Waals surface area contributed by atoms with Gasteiger partial charge < -0.3 is 10.4 Å².